The molecule has 0 amide bonds. The molecule has 2 atom stereocenters. The van der Waals surface area contributed by atoms with Crippen LogP contribution in [0.4, 0.5) is 21.4 Å². The molecule has 1 aromatic carbocycles. The fraction of sp³-hybridized carbons (Fsp3) is 0.500. The second-order valence-corrected chi connectivity index (χ2v) is 13.4. The quantitative estimate of drug-likeness (QED) is 0.0285. The minimum atomic E-state index is -1.08. The van der Waals surface area contributed by atoms with Gasteiger partial charge in [-0.25, -0.2) is 4.85 Å². The summed E-state index contributed by atoms with van der Waals surface area (Å²) < 4.78 is 27.5. The number of ether oxygens (including phenoxy) is 5. The summed E-state index contributed by atoms with van der Waals surface area (Å²) in [6.07, 6.45) is 6.86. The molecule has 308 valence electrons. The molecule has 16 nitrogen and oxygen atoms in total. The highest BCUT2D eigenvalue weighted by Crippen LogP contribution is 2.41. The molecule has 0 aliphatic heterocycles. The topological polar surface area (TPSA) is 211 Å². The summed E-state index contributed by atoms with van der Waals surface area (Å²) >= 11 is 1.12. The molecule has 0 bridgehead atoms. The standard InChI is InChI=1S/C40H51N5O11S/c1-6-8-10-30(25-35(46)47)39(50)55-22-20-53-17-15-45(14-16-52-18-19-54-21-23-56-40(51)31(11-9-7-2)26-36(48)49)32-12-13-34(28(3)24-32)43-44-38-33(27-41)29(4)37(42-5)57-38/h6-9,12-13,24,30-31H,10-11,14-23,25-26H2,1-4H3,(H,46,47)(H,48,49)/b8-6+,9-7+,44-43?. The Morgan fingerprint density at radius 3 is 1.81 bits per heavy atom. The van der Waals surface area contributed by atoms with Gasteiger partial charge in [-0.05, 0) is 69.9 Å². The van der Waals surface area contributed by atoms with Crippen LogP contribution < -0.4 is 4.90 Å². The van der Waals surface area contributed by atoms with Crippen LogP contribution >= 0.6 is 11.3 Å². The number of carbonyl (C=O) groups is 4. The third-order valence-electron chi connectivity index (χ3n) is 8.26. The van der Waals surface area contributed by atoms with Crippen LogP contribution in [-0.2, 0) is 42.9 Å². The van der Waals surface area contributed by atoms with Crippen molar-refractivity contribution in [1.29, 1.82) is 5.26 Å². The molecule has 0 fully saturated rings. The monoisotopic (exact) mass is 809 g/mol. The molecular formula is C40H51N5O11S. The number of anilines is 1. The van der Waals surface area contributed by atoms with E-state index < -0.39 is 35.7 Å². The highest BCUT2D eigenvalue weighted by Gasteiger charge is 2.23. The molecule has 0 aliphatic rings. The third-order valence-corrected chi connectivity index (χ3v) is 9.33. The number of carboxylic acids is 2. The Kier molecular flexibility index (Phi) is 22.8. The van der Waals surface area contributed by atoms with Crippen molar-refractivity contribution in [3.8, 4) is 6.07 Å². The Morgan fingerprint density at radius 2 is 1.35 bits per heavy atom. The van der Waals surface area contributed by atoms with Crippen LogP contribution in [-0.4, -0.2) is 100 Å². The van der Waals surface area contributed by atoms with Gasteiger partial charge in [0.15, 0.2) is 0 Å². The van der Waals surface area contributed by atoms with Crippen molar-refractivity contribution < 1.29 is 53.1 Å². The third kappa shape index (κ3) is 17.9. The number of rotatable bonds is 28. The normalized spacial score (nSPS) is 12.4. The largest absolute Gasteiger partial charge is 0.481 e. The molecule has 0 radical (unpaired) electrons. The maximum Gasteiger partial charge on any atom is 0.309 e. The van der Waals surface area contributed by atoms with Crippen LogP contribution in [0.25, 0.3) is 4.85 Å². The molecular weight excluding hydrogens is 759 g/mol. The van der Waals surface area contributed by atoms with E-state index >= 15 is 0 Å². The highest BCUT2D eigenvalue weighted by molar-refractivity contribution is 7.20. The second-order valence-electron chi connectivity index (χ2n) is 12.5. The average molecular weight is 810 g/mol. The first-order valence-electron chi connectivity index (χ1n) is 18.4. The number of azo groups is 1. The molecule has 2 aromatic rings. The average Bonchev–Trinajstić information content (AvgIpc) is 3.50. The van der Waals surface area contributed by atoms with Crippen LogP contribution in [0.3, 0.4) is 0 Å². The summed E-state index contributed by atoms with van der Waals surface area (Å²) in [6, 6.07) is 7.71. The van der Waals surface area contributed by atoms with E-state index in [2.05, 4.69) is 21.1 Å². The minimum absolute atomic E-state index is 0.0136. The number of benzene rings is 1. The van der Waals surface area contributed by atoms with E-state index in [0.29, 0.717) is 46.5 Å². The molecule has 1 heterocycles. The number of aryl methyl sites for hydroxylation is 1. The molecule has 2 N–H and O–H groups in total. The summed E-state index contributed by atoms with van der Waals surface area (Å²) in [7, 11) is 0. The number of thiophene rings is 1. The first-order chi connectivity index (χ1) is 27.4. The van der Waals surface area contributed by atoms with Gasteiger partial charge in [-0.3, -0.25) is 19.2 Å². The van der Waals surface area contributed by atoms with Crippen molar-refractivity contribution in [1.82, 2.24) is 0 Å². The molecule has 0 saturated carbocycles. The fourth-order valence-electron chi connectivity index (χ4n) is 5.17. The summed E-state index contributed by atoms with van der Waals surface area (Å²) in [5.74, 6) is -4.87. The minimum Gasteiger partial charge on any atom is -0.481 e. The van der Waals surface area contributed by atoms with E-state index in [1.807, 2.05) is 24.0 Å². The molecule has 57 heavy (non-hydrogen) atoms. The van der Waals surface area contributed by atoms with E-state index in [9.17, 15) is 24.4 Å². The molecule has 17 heteroatoms. The number of hydrogen-bond donors (Lipinski definition) is 2. The zero-order chi connectivity index (χ0) is 42.0. The summed E-state index contributed by atoms with van der Waals surface area (Å²) in [5.41, 5.74) is 3.15. The van der Waals surface area contributed by atoms with Gasteiger partial charge in [0.05, 0.1) is 82.1 Å². The van der Waals surface area contributed by atoms with Crippen molar-refractivity contribution in [3.05, 3.63) is 70.6 Å². The first kappa shape index (κ1) is 47.7. The van der Waals surface area contributed by atoms with Crippen LogP contribution in [0.1, 0.15) is 56.2 Å². The lowest BCUT2D eigenvalue weighted by atomic mass is 10.0. The van der Waals surface area contributed by atoms with Gasteiger partial charge in [0.25, 0.3) is 0 Å². The maximum absolute atomic E-state index is 12.4. The Bertz CT molecular complexity index is 1790. The number of nitrogens with zero attached hydrogens (tertiary/aromatic N) is 5. The van der Waals surface area contributed by atoms with Crippen LogP contribution in [0.2, 0.25) is 0 Å². The van der Waals surface area contributed by atoms with E-state index in [0.717, 1.165) is 22.6 Å². The summed E-state index contributed by atoms with van der Waals surface area (Å²) in [6.45, 7) is 16.7. The molecule has 2 rings (SSSR count). The van der Waals surface area contributed by atoms with Gasteiger partial charge in [0.1, 0.15) is 24.3 Å². The highest BCUT2D eigenvalue weighted by atomic mass is 32.1. The van der Waals surface area contributed by atoms with Gasteiger partial charge in [-0.1, -0.05) is 24.3 Å². The molecule has 0 aliphatic carbocycles. The number of carboxylic acid groups (broad SMARTS) is 2. The lowest BCUT2D eigenvalue weighted by Crippen LogP contribution is -2.32. The SMILES string of the molecule is [C-]#[N+]c1sc(N=Nc2ccc(N(CCOCCOCCOC(=O)C(C/C=C/C)CC(=O)O)CCOCCOC(=O)C(C/C=C/C)CC(=O)O)cc2C)c(C#N)c1C. The fourth-order valence-corrected chi connectivity index (χ4v) is 6.04. The van der Waals surface area contributed by atoms with Gasteiger partial charge >= 0.3 is 23.9 Å². The van der Waals surface area contributed by atoms with Gasteiger partial charge in [-0.2, -0.15) is 5.26 Å². The van der Waals surface area contributed by atoms with E-state index in [1.54, 1.807) is 51.1 Å². The molecule has 0 saturated heterocycles. The lowest BCUT2D eigenvalue weighted by molar-refractivity contribution is -0.154. The summed E-state index contributed by atoms with van der Waals surface area (Å²) in [5, 5.41) is 37.1. The van der Waals surface area contributed by atoms with Crippen LogP contribution in [0.15, 0.2) is 52.7 Å². The maximum atomic E-state index is 12.4. The van der Waals surface area contributed by atoms with Gasteiger partial charge in [-0.15, -0.1) is 21.6 Å². The van der Waals surface area contributed by atoms with Crippen LogP contribution in [0, 0.1) is 43.6 Å². The number of nitriles is 1. The van der Waals surface area contributed by atoms with Crippen LogP contribution in [0.5, 0.6) is 0 Å². The number of allylic oxidation sites excluding steroid dienone is 4. The molecule has 2 unspecified atom stereocenters. The van der Waals surface area contributed by atoms with E-state index in [4.69, 9.17) is 40.5 Å². The Labute approximate surface area is 337 Å². The zero-order valence-corrected chi connectivity index (χ0v) is 33.6. The van der Waals surface area contributed by atoms with Gasteiger partial charge in [0, 0.05) is 18.8 Å². The number of carbonyl (C=O) groups excluding carboxylic acids is 2. The van der Waals surface area contributed by atoms with Crippen molar-refractivity contribution >= 4 is 56.6 Å². The van der Waals surface area contributed by atoms with Gasteiger partial charge in [0.2, 0.25) is 5.00 Å². The van der Waals surface area contributed by atoms with Crippen molar-refractivity contribution in [2.24, 2.45) is 22.1 Å². The Balaban J connectivity index is 1.96. The van der Waals surface area contributed by atoms with Crippen molar-refractivity contribution in [2.45, 2.75) is 53.4 Å². The van der Waals surface area contributed by atoms with E-state index in [-0.39, 0.29) is 71.9 Å². The van der Waals surface area contributed by atoms with Crippen molar-refractivity contribution in [2.75, 3.05) is 70.8 Å². The number of esters is 2. The van der Waals surface area contributed by atoms with Gasteiger partial charge < -0.3 is 38.8 Å². The molecule has 0 spiro atoms. The smallest absolute Gasteiger partial charge is 0.309 e. The Morgan fingerprint density at radius 1 is 0.842 bits per heavy atom. The van der Waals surface area contributed by atoms with Crippen molar-refractivity contribution in [3.63, 3.8) is 0 Å². The lowest BCUT2D eigenvalue weighted by Gasteiger charge is -2.25. The number of hydrogen-bond acceptors (Lipinski definition) is 14. The first-order valence-corrected chi connectivity index (χ1v) is 19.2. The second kappa shape index (κ2) is 27.2. The number of aliphatic carboxylic acids is 2. The summed E-state index contributed by atoms with van der Waals surface area (Å²) in [4.78, 5) is 52.5. The zero-order valence-electron chi connectivity index (χ0n) is 32.8. The molecule has 1 aromatic heterocycles. The predicted molar refractivity (Wildman–Crippen MR) is 212 cm³/mol. The van der Waals surface area contributed by atoms with E-state index in [1.165, 1.54) is 0 Å². The predicted octanol–water partition coefficient (Wildman–Crippen LogP) is 7.26. The Hall–Kier alpha value is -5.46.